The summed E-state index contributed by atoms with van der Waals surface area (Å²) in [6, 6.07) is 20.0. The Bertz CT molecular complexity index is 1270. The van der Waals surface area contributed by atoms with Crippen molar-refractivity contribution in [1.82, 2.24) is 0 Å². The van der Waals surface area contributed by atoms with Gasteiger partial charge in [-0.15, -0.1) is 0 Å². The first-order chi connectivity index (χ1) is 17.0. The van der Waals surface area contributed by atoms with Crippen LogP contribution in [-0.2, 0) is 14.4 Å². The minimum absolute atomic E-state index is 0.223. The number of halogens is 1. The van der Waals surface area contributed by atoms with Gasteiger partial charge < -0.3 is 15.4 Å². The molecule has 2 N–H and O–H groups in total. The Labute approximate surface area is 208 Å². The van der Waals surface area contributed by atoms with Crippen LogP contribution in [0.15, 0.2) is 78.9 Å². The number of nitrogens with zero attached hydrogens (tertiary/aromatic N) is 1. The Hall–Kier alpha value is -4.10. The lowest BCUT2D eigenvalue weighted by molar-refractivity contribution is -0.124. The van der Waals surface area contributed by atoms with E-state index in [1.54, 1.807) is 72.8 Å². The highest BCUT2D eigenvalue weighted by Crippen LogP contribution is 2.33. The van der Waals surface area contributed by atoms with Crippen molar-refractivity contribution in [2.24, 2.45) is 0 Å². The van der Waals surface area contributed by atoms with Crippen LogP contribution in [0.2, 0.25) is 5.02 Å². The van der Waals surface area contributed by atoms with E-state index < -0.39 is 23.8 Å². The number of rotatable bonds is 7. The molecule has 3 aromatic carbocycles. The molecule has 0 aliphatic carbocycles. The summed E-state index contributed by atoms with van der Waals surface area (Å²) in [5.41, 5.74) is 2.24. The summed E-state index contributed by atoms with van der Waals surface area (Å²) in [5.74, 6) is -0.589. The second-order valence-corrected chi connectivity index (χ2v) is 8.20. The van der Waals surface area contributed by atoms with E-state index in [1.807, 2.05) is 13.0 Å². The van der Waals surface area contributed by atoms with Crippen molar-refractivity contribution in [2.75, 3.05) is 22.1 Å². The summed E-state index contributed by atoms with van der Waals surface area (Å²) in [6.07, 6.45) is 2.73. The maximum Gasteiger partial charge on any atom is 0.251 e. The number of ether oxygens (including phenoxy) is 1. The third kappa shape index (κ3) is 5.70. The fraction of sp³-hybridized carbons (Fsp3) is 0.148. The molecule has 0 saturated carbocycles. The van der Waals surface area contributed by atoms with Crippen LogP contribution < -0.4 is 20.3 Å². The van der Waals surface area contributed by atoms with Crippen LogP contribution in [-0.4, -0.2) is 30.4 Å². The molecule has 35 heavy (non-hydrogen) atoms. The maximum absolute atomic E-state index is 13.3. The number of nitrogens with one attached hydrogen (secondary N) is 2. The number of carbonyl (C=O) groups excluding carboxylic acids is 3. The first kappa shape index (κ1) is 24.0. The van der Waals surface area contributed by atoms with Gasteiger partial charge >= 0.3 is 0 Å². The van der Waals surface area contributed by atoms with Gasteiger partial charge in [0.1, 0.15) is 11.8 Å². The monoisotopic (exact) mass is 489 g/mol. The first-order valence-corrected chi connectivity index (χ1v) is 11.5. The van der Waals surface area contributed by atoms with Crippen LogP contribution in [0.5, 0.6) is 5.75 Å². The molecular weight excluding hydrogens is 466 g/mol. The largest absolute Gasteiger partial charge is 0.494 e. The van der Waals surface area contributed by atoms with E-state index in [1.165, 1.54) is 11.0 Å². The van der Waals surface area contributed by atoms with Crippen LogP contribution in [0.1, 0.15) is 18.9 Å². The number of hydrogen-bond donors (Lipinski definition) is 2. The Morgan fingerprint density at radius 1 is 1.06 bits per heavy atom. The van der Waals surface area contributed by atoms with Gasteiger partial charge in [0.25, 0.3) is 5.91 Å². The maximum atomic E-state index is 13.3. The van der Waals surface area contributed by atoms with Gasteiger partial charge in [-0.25, -0.2) is 0 Å². The predicted molar refractivity (Wildman–Crippen MR) is 138 cm³/mol. The van der Waals surface area contributed by atoms with Crippen LogP contribution in [0.4, 0.5) is 17.1 Å². The van der Waals surface area contributed by atoms with Gasteiger partial charge in [0.15, 0.2) is 0 Å². The molecule has 8 heteroatoms. The summed E-state index contributed by atoms with van der Waals surface area (Å²) in [6.45, 7) is 2.43. The minimum atomic E-state index is -1.03. The fourth-order valence-electron chi connectivity index (χ4n) is 3.79. The molecule has 1 aliphatic heterocycles. The molecule has 0 aromatic heterocycles. The zero-order valence-electron chi connectivity index (χ0n) is 19.0. The average molecular weight is 490 g/mol. The third-order valence-electron chi connectivity index (χ3n) is 5.41. The highest BCUT2D eigenvalue weighted by Gasteiger charge is 2.37. The van der Waals surface area contributed by atoms with Crippen LogP contribution in [0.25, 0.3) is 6.08 Å². The summed E-state index contributed by atoms with van der Waals surface area (Å²) in [4.78, 5) is 40.5. The molecule has 0 spiro atoms. The first-order valence-electron chi connectivity index (χ1n) is 11.1. The van der Waals surface area contributed by atoms with Crippen LogP contribution in [0.3, 0.4) is 0 Å². The van der Waals surface area contributed by atoms with Gasteiger partial charge in [-0.05, 0) is 61.0 Å². The number of para-hydroxylation sites is 2. The van der Waals surface area contributed by atoms with Crippen molar-refractivity contribution < 1.29 is 19.1 Å². The SMILES string of the molecule is CCOc1ccc(NC(=O)CC2C(=O)Nc3ccccc3N2C(=O)C=Cc2ccccc2Cl)cc1. The number of anilines is 3. The van der Waals surface area contributed by atoms with Crippen molar-refractivity contribution in [3.8, 4) is 5.75 Å². The highest BCUT2D eigenvalue weighted by atomic mass is 35.5. The van der Waals surface area contributed by atoms with Gasteiger partial charge in [-0.3, -0.25) is 19.3 Å². The number of fused-ring (bicyclic) bond motifs is 1. The van der Waals surface area contributed by atoms with Gasteiger partial charge in [-0.1, -0.05) is 41.9 Å². The molecule has 0 fully saturated rings. The van der Waals surface area contributed by atoms with Gasteiger partial charge in [0, 0.05) is 16.8 Å². The third-order valence-corrected chi connectivity index (χ3v) is 5.76. The van der Waals surface area contributed by atoms with E-state index in [-0.39, 0.29) is 6.42 Å². The number of amides is 3. The van der Waals surface area contributed by atoms with E-state index in [0.717, 1.165) is 0 Å². The van der Waals surface area contributed by atoms with Crippen LogP contribution in [0, 0.1) is 0 Å². The molecule has 4 rings (SSSR count). The standard InChI is InChI=1S/C27H24ClN3O4/c1-2-35-20-14-12-19(13-15-20)29-25(32)17-24-27(34)30-22-9-5-6-10-23(22)31(24)26(33)16-11-18-7-3-4-8-21(18)28/h3-16,24H,2,17H2,1H3,(H,29,32)(H,30,34). The lowest BCUT2D eigenvalue weighted by Gasteiger charge is -2.35. The smallest absolute Gasteiger partial charge is 0.251 e. The number of benzene rings is 3. The highest BCUT2D eigenvalue weighted by molar-refractivity contribution is 6.32. The molecule has 1 unspecified atom stereocenters. The molecule has 178 valence electrons. The van der Waals surface area contributed by atoms with Crippen molar-refractivity contribution in [2.45, 2.75) is 19.4 Å². The predicted octanol–water partition coefficient (Wildman–Crippen LogP) is 5.13. The molecule has 0 saturated heterocycles. The van der Waals surface area contributed by atoms with Crippen molar-refractivity contribution in [3.05, 3.63) is 89.5 Å². The Kier molecular flexibility index (Phi) is 7.48. The molecular formula is C27H24ClN3O4. The number of hydrogen-bond acceptors (Lipinski definition) is 4. The van der Waals surface area contributed by atoms with Crippen molar-refractivity contribution in [3.63, 3.8) is 0 Å². The van der Waals surface area contributed by atoms with E-state index in [4.69, 9.17) is 16.3 Å². The second-order valence-electron chi connectivity index (χ2n) is 7.79. The quantitative estimate of drug-likeness (QED) is 0.450. The molecule has 0 radical (unpaired) electrons. The van der Waals surface area contributed by atoms with E-state index >= 15 is 0 Å². The second kappa shape index (κ2) is 10.9. The summed E-state index contributed by atoms with van der Waals surface area (Å²) >= 11 is 6.20. The Balaban J connectivity index is 1.56. The zero-order chi connectivity index (χ0) is 24.8. The van der Waals surface area contributed by atoms with E-state index in [9.17, 15) is 14.4 Å². The normalized spacial score (nSPS) is 14.9. The van der Waals surface area contributed by atoms with Gasteiger partial charge in [-0.2, -0.15) is 0 Å². The molecule has 3 amide bonds. The minimum Gasteiger partial charge on any atom is -0.494 e. The van der Waals surface area contributed by atoms with Gasteiger partial charge in [0.2, 0.25) is 11.8 Å². The molecule has 1 aliphatic rings. The molecule has 7 nitrogen and oxygen atoms in total. The molecule has 1 heterocycles. The summed E-state index contributed by atoms with van der Waals surface area (Å²) in [7, 11) is 0. The van der Waals surface area contributed by atoms with Crippen LogP contribution >= 0.6 is 11.6 Å². The average Bonchev–Trinajstić information content (AvgIpc) is 2.85. The van der Waals surface area contributed by atoms with Crippen molar-refractivity contribution >= 4 is 52.5 Å². The summed E-state index contributed by atoms with van der Waals surface area (Å²) < 4.78 is 5.41. The Morgan fingerprint density at radius 2 is 1.77 bits per heavy atom. The molecule has 0 bridgehead atoms. The zero-order valence-corrected chi connectivity index (χ0v) is 19.8. The summed E-state index contributed by atoms with van der Waals surface area (Å²) in [5, 5.41) is 6.07. The lowest BCUT2D eigenvalue weighted by atomic mass is 10.0. The Morgan fingerprint density at radius 3 is 2.51 bits per heavy atom. The van der Waals surface area contributed by atoms with Crippen molar-refractivity contribution in [1.29, 1.82) is 0 Å². The van der Waals surface area contributed by atoms with Gasteiger partial charge in [0.05, 0.1) is 24.4 Å². The lowest BCUT2D eigenvalue weighted by Crippen LogP contribution is -2.52. The number of carbonyl (C=O) groups is 3. The fourth-order valence-corrected chi connectivity index (χ4v) is 3.99. The van der Waals surface area contributed by atoms with E-state index in [2.05, 4.69) is 10.6 Å². The molecule has 1 atom stereocenters. The van der Waals surface area contributed by atoms with E-state index in [0.29, 0.717) is 40.0 Å². The topological polar surface area (TPSA) is 87.7 Å². The molecule has 3 aromatic rings.